The smallest absolute Gasteiger partial charge is 0.233 e. The summed E-state index contributed by atoms with van der Waals surface area (Å²) in [4.78, 5) is 14.2. The van der Waals surface area contributed by atoms with Gasteiger partial charge in [-0.05, 0) is 17.7 Å². The average molecular weight is 356 g/mol. The van der Waals surface area contributed by atoms with Gasteiger partial charge in [0.1, 0.15) is 5.37 Å². The molecule has 1 aliphatic rings. The first-order valence-corrected chi connectivity index (χ1v) is 9.66. The Bertz CT molecular complexity index is 557. The van der Waals surface area contributed by atoms with Crippen LogP contribution in [0.2, 0.25) is 0 Å². The van der Waals surface area contributed by atoms with Gasteiger partial charge in [0.25, 0.3) is 0 Å². The number of benzene rings is 1. The molecule has 1 heterocycles. The Balaban J connectivity index is 2.12. The van der Waals surface area contributed by atoms with Crippen molar-refractivity contribution in [3.63, 3.8) is 0 Å². The van der Waals surface area contributed by atoms with Crippen LogP contribution in [0.15, 0.2) is 18.2 Å². The minimum absolute atomic E-state index is 0.0582. The molecule has 6 heteroatoms. The van der Waals surface area contributed by atoms with E-state index in [9.17, 15) is 4.79 Å². The second-order valence-corrected chi connectivity index (χ2v) is 9.32. The molecule has 1 aromatic carbocycles. The normalized spacial score (nSPS) is 18.4. The summed E-state index contributed by atoms with van der Waals surface area (Å²) in [5, 5.41) is 0.0582. The molecule has 1 unspecified atom stereocenters. The van der Waals surface area contributed by atoms with E-state index in [1.54, 1.807) is 26.0 Å². The molecule has 128 valence electrons. The largest absolute Gasteiger partial charge is 0.493 e. The fraction of sp³-hybridized carbons (Fsp3) is 0.588. The molecule has 0 N–H and O–H groups in total. The minimum Gasteiger partial charge on any atom is -0.493 e. The van der Waals surface area contributed by atoms with Crippen LogP contribution in [-0.2, 0) is 4.79 Å². The van der Waals surface area contributed by atoms with E-state index in [0.717, 1.165) is 17.9 Å². The molecule has 0 bridgehead atoms. The number of carbonyl (C=O) groups excluding carboxylic acids is 1. The molecule has 0 saturated carbocycles. The van der Waals surface area contributed by atoms with Crippen LogP contribution in [0.25, 0.3) is 0 Å². The van der Waals surface area contributed by atoms with Crippen LogP contribution < -0.4 is 9.47 Å². The number of hydrogen-bond acceptors (Lipinski definition) is 5. The van der Waals surface area contributed by atoms with Gasteiger partial charge in [0.05, 0.1) is 20.0 Å². The van der Waals surface area contributed by atoms with E-state index in [4.69, 9.17) is 9.47 Å². The van der Waals surface area contributed by atoms with Crippen LogP contribution in [0.4, 0.5) is 0 Å². The summed E-state index contributed by atoms with van der Waals surface area (Å²) in [7, 11) is 3.26. The minimum atomic E-state index is 0.0582. The maximum Gasteiger partial charge on any atom is 0.233 e. The average Bonchev–Trinajstić information content (AvgIpc) is 2.86. The van der Waals surface area contributed by atoms with Crippen molar-refractivity contribution in [3.8, 4) is 11.5 Å². The van der Waals surface area contributed by atoms with Crippen molar-refractivity contribution in [1.29, 1.82) is 0 Å². The van der Waals surface area contributed by atoms with Gasteiger partial charge in [-0.3, -0.25) is 4.79 Å². The third-order valence-electron chi connectivity index (χ3n) is 3.53. The van der Waals surface area contributed by atoms with E-state index in [1.165, 1.54) is 0 Å². The topological polar surface area (TPSA) is 38.8 Å². The highest BCUT2D eigenvalue weighted by Crippen LogP contribution is 2.41. The predicted octanol–water partition coefficient (Wildman–Crippen LogP) is 3.81. The van der Waals surface area contributed by atoms with E-state index in [2.05, 4.69) is 20.8 Å². The zero-order chi connectivity index (χ0) is 17.0. The number of nitrogens with zero attached hydrogens (tertiary/aromatic N) is 1. The molecule has 1 fully saturated rings. The maximum atomic E-state index is 12.2. The van der Waals surface area contributed by atoms with Gasteiger partial charge in [-0.1, -0.05) is 26.8 Å². The summed E-state index contributed by atoms with van der Waals surface area (Å²) < 4.78 is 10.9. The van der Waals surface area contributed by atoms with Gasteiger partial charge in [-0.25, -0.2) is 0 Å². The number of amides is 1. The molecule has 0 spiro atoms. The SMILES string of the molecule is COc1ccc(C2SCC(=O)N2CCSC(C)(C)C)cc1OC. The van der Waals surface area contributed by atoms with Gasteiger partial charge in [0.15, 0.2) is 11.5 Å². The predicted molar refractivity (Wildman–Crippen MR) is 98.7 cm³/mol. The van der Waals surface area contributed by atoms with Crippen LogP contribution in [0.5, 0.6) is 11.5 Å². The fourth-order valence-electron chi connectivity index (χ4n) is 2.43. The molecular formula is C17H25NO3S2. The van der Waals surface area contributed by atoms with Gasteiger partial charge in [-0.2, -0.15) is 11.8 Å². The Kier molecular flexibility index (Phi) is 6.14. The number of methoxy groups -OCH3 is 2. The third-order valence-corrected chi connectivity index (χ3v) is 6.04. The molecule has 2 rings (SSSR count). The van der Waals surface area contributed by atoms with Crippen LogP contribution >= 0.6 is 23.5 Å². The molecule has 1 saturated heterocycles. The number of carbonyl (C=O) groups is 1. The molecule has 23 heavy (non-hydrogen) atoms. The van der Waals surface area contributed by atoms with Gasteiger partial charge in [0, 0.05) is 17.0 Å². The highest BCUT2D eigenvalue weighted by atomic mass is 32.2. The molecule has 4 nitrogen and oxygen atoms in total. The summed E-state index contributed by atoms with van der Waals surface area (Å²) in [6.07, 6.45) is 0. The summed E-state index contributed by atoms with van der Waals surface area (Å²) in [5.41, 5.74) is 1.08. The highest BCUT2D eigenvalue weighted by molar-refractivity contribution is 8.01. The van der Waals surface area contributed by atoms with Crippen molar-refractivity contribution >= 4 is 29.4 Å². The molecule has 0 aromatic heterocycles. The van der Waals surface area contributed by atoms with Gasteiger partial charge in [0.2, 0.25) is 5.91 Å². The second-order valence-electron chi connectivity index (χ2n) is 6.33. The van der Waals surface area contributed by atoms with Gasteiger partial charge < -0.3 is 14.4 Å². The lowest BCUT2D eigenvalue weighted by Gasteiger charge is -2.26. The number of ether oxygens (including phenoxy) is 2. The Morgan fingerprint density at radius 1 is 1.26 bits per heavy atom. The van der Waals surface area contributed by atoms with Crippen molar-refractivity contribution in [2.24, 2.45) is 0 Å². The third kappa shape index (κ3) is 4.73. The van der Waals surface area contributed by atoms with Crippen LogP contribution in [-0.4, -0.2) is 47.8 Å². The standard InChI is InChI=1S/C17H25NO3S2/c1-17(2,3)23-9-8-18-15(19)11-22-16(18)12-6-7-13(20-4)14(10-12)21-5/h6-7,10,16H,8-9,11H2,1-5H3. The zero-order valence-corrected chi connectivity index (χ0v) is 16.1. The monoisotopic (exact) mass is 355 g/mol. The Morgan fingerprint density at radius 2 is 1.96 bits per heavy atom. The lowest BCUT2D eigenvalue weighted by atomic mass is 10.2. The van der Waals surface area contributed by atoms with Crippen LogP contribution in [0, 0.1) is 0 Å². The quantitative estimate of drug-likeness (QED) is 0.776. The maximum absolute atomic E-state index is 12.2. The van der Waals surface area contributed by atoms with E-state index < -0.39 is 0 Å². The lowest BCUT2D eigenvalue weighted by molar-refractivity contribution is -0.127. The lowest BCUT2D eigenvalue weighted by Crippen LogP contribution is -2.31. The number of thioether (sulfide) groups is 2. The van der Waals surface area contributed by atoms with Crippen molar-refractivity contribution in [2.75, 3.05) is 32.3 Å². The van der Waals surface area contributed by atoms with E-state index in [1.807, 2.05) is 34.9 Å². The molecule has 0 aliphatic carbocycles. The fourth-order valence-corrected chi connectivity index (χ4v) is 4.54. The molecule has 1 aromatic rings. The molecule has 1 amide bonds. The Hall–Kier alpha value is -1.01. The van der Waals surface area contributed by atoms with Crippen LogP contribution in [0.1, 0.15) is 31.7 Å². The Labute approximate surface area is 147 Å². The second kappa shape index (κ2) is 7.71. The summed E-state index contributed by atoms with van der Waals surface area (Å²) in [6.45, 7) is 7.37. The Morgan fingerprint density at radius 3 is 2.57 bits per heavy atom. The van der Waals surface area contributed by atoms with E-state index in [-0.39, 0.29) is 16.0 Å². The molecular weight excluding hydrogens is 330 g/mol. The van der Waals surface area contributed by atoms with Crippen molar-refractivity contribution in [3.05, 3.63) is 23.8 Å². The van der Waals surface area contributed by atoms with E-state index in [0.29, 0.717) is 17.3 Å². The number of rotatable bonds is 6. The van der Waals surface area contributed by atoms with Gasteiger partial charge >= 0.3 is 0 Å². The van der Waals surface area contributed by atoms with Gasteiger partial charge in [-0.15, -0.1) is 11.8 Å². The van der Waals surface area contributed by atoms with Crippen LogP contribution in [0.3, 0.4) is 0 Å². The van der Waals surface area contributed by atoms with Crippen molar-refractivity contribution in [2.45, 2.75) is 30.9 Å². The molecule has 1 atom stereocenters. The first kappa shape index (κ1) is 18.3. The van der Waals surface area contributed by atoms with Crippen molar-refractivity contribution in [1.82, 2.24) is 4.90 Å². The van der Waals surface area contributed by atoms with E-state index >= 15 is 0 Å². The first-order valence-electron chi connectivity index (χ1n) is 7.62. The summed E-state index contributed by atoms with van der Waals surface area (Å²) in [6, 6.07) is 5.89. The summed E-state index contributed by atoms with van der Waals surface area (Å²) in [5.74, 6) is 3.11. The van der Waals surface area contributed by atoms with Crippen molar-refractivity contribution < 1.29 is 14.3 Å². The first-order chi connectivity index (χ1) is 10.9. The summed E-state index contributed by atoms with van der Waals surface area (Å²) >= 11 is 3.56. The molecule has 1 aliphatic heterocycles. The number of hydrogen-bond donors (Lipinski definition) is 0. The zero-order valence-electron chi connectivity index (χ0n) is 14.4. The highest BCUT2D eigenvalue weighted by Gasteiger charge is 2.33. The molecule has 0 radical (unpaired) electrons.